The summed E-state index contributed by atoms with van der Waals surface area (Å²) in [5, 5.41) is 18.9. The van der Waals surface area contributed by atoms with Gasteiger partial charge in [-0.2, -0.15) is 0 Å². The average Bonchev–Trinajstić information content (AvgIpc) is 3.14. The molecule has 0 heteroatoms. The van der Waals surface area contributed by atoms with Gasteiger partial charge in [-0.25, -0.2) is 0 Å². The lowest BCUT2D eigenvalue weighted by molar-refractivity contribution is 0.591. The molecular weight excluding hydrogens is 625 g/mol. The smallest absolute Gasteiger partial charge is 0.00176 e. The van der Waals surface area contributed by atoms with Crippen LogP contribution in [0.3, 0.4) is 0 Å². The van der Waals surface area contributed by atoms with Crippen LogP contribution >= 0.6 is 0 Å². The van der Waals surface area contributed by atoms with E-state index < -0.39 is 0 Å². The molecule has 0 nitrogen and oxygen atoms in total. The van der Waals surface area contributed by atoms with E-state index in [1.807, 2.05) is 0 Å². The van der Waals surface area contributed by atoms with Crippen LogP contribution in [0.4, 0.5) is 0 Å². The molecule has 0 radical (unpaired) electrons. The first-order chi connectivity index (χ1) is 25.0. The van der Waals surface area contributed by atoms with Crippen molar-refractivity contribution in [1.82, 2.24) is 0 Å². The molecule has 0 heterocycles. The SMILES string of the molecule is CC(C)c1ccc2ccc3c(C(C)C)cc(-c4ccc5cc(-c6ccc7ccc8cc(C(C)(C)C)cc9ccc6c7c89)ccc5c4)c4ccc1c2c43. The van der Waals surface area contributed by atoms with Crippen LogP contribution in [0, 0.1) is 0 Å². The van der Waals surface area contributed by atoms with Gasteiger partial charge in [-0.05, 0) is 150 Å². The van der Waals surface area contributed by atoms with Crippen LogP contribution in [0.5, 0.6) is 0 Å². The molecule has 10 aromatic carbocycles. The minimum atomic E-state index is 0.106. The first kappa shape index (κ1) is 31.3. The van der Waals surface area contributed by atoms with E-state index in [4.69, 9.17) is 0 Å². The second kappa shape index (κ2) is 11.0. The Kier molecular flexibility index (Phi) is 6.63. The topological polar surface area (TPSA) is 0 Å². The number of fused-ring (bicyclic) bond motifs is 1. The number of hydrogen-bond donors (Lipinski definition) is 0. The monoisotopic (exact) mass is 668 g/mol. The van der Waals surface area contributed by atoms with Gasteiger partial charge in [0.15, 0.2) is 0 Å². The van der Waals surface area contributed by atoms with Gasteiger partial charge >= 0.3 is 0 Å². The molecule has 252 valence electrons. The van der Waals surface area contributed by atoms with Crippen molar-refractivity contribution in [3.63, 3.8) is 0 Å². The molecule has 0 aliphatic carbocycles. The van der Waals surface area contributed by atoms with Gasteiger partial charge in [-0.1, -0.05) is 158 Å². The Morgan fingerprint density at radius 2 is 0.808 bits per heavy atom. The van der Waals surface area contributed by atoms with Crippen LogP contribution in [0.15, 0.2) is 127 Å². The van der Waals surface area contributed by atoms with E-state index in [9.17, 15) is 0 Å². The van der Waals surface area contributed by atoms with E-state index in [1.165, 1.54) is 114 Å². The van der Waals surface area contributed by atoms with Crippen molar-refractivity contribution < 1.29 is 0 Å². The Morgan fingerprint density at radius 3 is 1.48 bits per heavy atom. The van der Waals surface area contributed by atoms with Crippen molar-refractivity contribution in [1.29, 1.82) is 0 Å². The van der Waals surface area contributed by atoms with Crippen LogP contribution in [-0.4, -0.2) is 0 Å². The number of benzene rings is 10. The highest BCUT2D eigenvalue weighted by Gasteiger charge is 2.21. The fraction of sp³-hybridized carbons (Fsp3) is 0.192. The Balaban J connectivity index is 1.13. The Hall–Kier alpha value is -5.46. The van der Waals surface area contributed by atoms with Crippen molar-refractivity contribution in [2.45, 2.75) is 65.7 Å². The van der Waals surface area contributed by atoms with Gasteiger partial charge in [0.25, 0.3) is 0 Å². The zero-order valence-electron chi connectivity index (χ0n) is 31.3. The van der Waals surface area contributed by atoms with Crippen molar-refractivity contribution in [3.8, 4) is 22.3 Å². The largest absolute Gasteiger partial charge is 0.0587 e. The lowest BCUT2D eigenvalue weighted by atomic mass is 9.82. The van der Waals surface area contributed by atoms with Crippen LogP contribution in [0.2, 0.25) is 0 Å². The fourth-order valence-corrected chi connectivity index (χ4v) is 9.25. The quantitative estimate of drug-likeness (QED) is 0.164. The molecular formula is C52H44. The van der Waals surface area contributed by atoms with Crippen LogP contribution < -0.4 is 0 Å². The van der Waals surface area contributed by atoms with E-state index in [1.54, 1.807) is 0 Å². The molecule has 0 aromatic heterocycles. The predicted octanol–water partition coefficient (Wildman–Crippen LogP) is 15.5. The van der Waals surface area contributed by atoms with Crippen LogP contribution in [0.25, 0.3) is 97.7 Å². The molecule has 10 aromatic rings. The Labute approximate surface area is 306 Å². The lowest BCUT2D eigenvalue weighted by Gasteiger charge is -2.22. The Bertz CT molecular complexity index is 3020. The molecule has 10 rings (SSSR count). The van der Waals surface area contributed by atoms with Crippen molar-refractivity contribution in [3.05, 3.63) is 144 Å². The second-order valence-electron chi connectivity index (χ2n) is 16.9. The number of rotatable bonds is 4. The first-order valence-corrected chi connectivity index (χ1v) is 19.1. The Morgan fingerprint density at radius 1 is 0.346 bits per heavy atom. The van der Waals surface area contributed by atoms with E-state index in [0.29, 0.717) is 11.8 Å². The molecule has 0 N–H and O–H groups in total. The van der Waals surface area contributed by atoms with Gasteiger partial charge in [0.2, 0.25) is 0 Å². The predicted molar refractivity (Wildman–Crippen MR) is 229 cm³/mol. The molecule has 0 saturated carbocycles. The van der Waals surface area contributed by atoms with Gasteiger partial charge in [0.05, 0.1) is 0 Å². The summed E-state index contributed by atoms with van der Waals surface area (Å²) in [5.41, 5.74) is 9.51. The normalized spacial score (nSPS) is 12.9. The molecule has 0 amide bonds. The van der Waals surface area contributed by atoms with Crippen molar-refractivity contribution in [2.24, 2.45) is 0 Å². The minimum Gasteiger partial charge on any atom is -0.0587 e. The summed E-state index contributed by atoms with van der Waals surface area (Å²) in [5.74, 6) is 0.892. The summed E-state index contributed by atoms with van der Waals surface area (Å²) >= 11 is 0. The zero-order chi connectivity index (χ0) is 35.6. The van der Waals surface area contributed by atoms with Gasteiger partial charge in [0, 0.05) is 0 Å². The molecule has 0 saturated heterocycles. The van der Waals surface area contributed by atoms with Gasteiger partial charge in [-0.3, -0.25) is 0 Å². The second-order valence-corrected chi connectivity index (χ2v) is 16.9. The van der Waals surface area contributed by atoms with Crippen molar-refractivity contribution >= 4 is 75.4 Å². The zero-order valence-corrected chi connectivity index (χ0v) is 31.3. The molecule has 52 heavy (non-hydrogen) atoms. The third kappa shape index (κ3) is 4.53. The maximum absolute atomic E-state index is 2.47. The summed E-state index contributed by atoms with van der Waals surface area (Å²) in [6.45, 7) is 16.2. The molecule has 0 aliphatic rings. The maximum Gasteiger partial charge on any atom is -0.00176 e. The summed E-state index contributed by atoms with van der Waals surface area (Å²) in [6.07, 6.45) is 0. The van der Waals surface area contributed by atoms with Crippen molar-refractivity contribution in [2.75, 3.05) is 0 Å². The summed E-state index contributed by atoms with van der Waals surface area (Å²) < 4.78 is 0. The minimum absolute atomic E-state index is 0.106. The fourth-order valence-electron chi connectivity index (χ4n) is 9.25. The third-order valence-corrected chi connectivity index (χ3v) is 12.0. The van der Waals surface area contributed by atoms with E-state index in [2.05, 4.69) is 176 Å². The highest BCUT2D eigenvalue weighted by atomic mass is 14.2. The van der Waals surface area contributed by atoms with Crippen LogP contribution in [-0.2, 0) is 5.41 Å². The maximum atomic E-state index is 2.47. The highest BCUT2D eigenvalue weighted by molar-refractivity contribution is 6.28. The lowest BCUT2D eigenvalue weighted by Crippen LogP contribution is -2.10. The van der Waals surface area contributed by atoms with E-state index in [0.717, 1.165) is 0 Å². The summed E-state index contributed by atoms with van der Waals surface area (Å²) in [4.78, 5) is 0. The average molecular weight is 669 g/mol. The molecule has 0 atom stereocenters. The number of hydrogen-bond acceptors (Lipinski definition) is 0. The molecule has 0 unspecified atom stereocenters. The molecule has 0 spiro atoms. The van der Waals surface area contributed by atoms with Crippen LogP contribution in [0.1, 0.15) is 77.0 Å². The van der Waals surface area contributed by atoms with Gasteiger partial charge in [-0.15, -0.1) is 0 Å². The summed E-state index contributed by atoms with van der Waals surface area (Å²) in [6, 6.07) is 49.5. The van der Waals surface area contributed by atoms with Gasteiger partial charge < -0.3 is 0 Å². The standard InChI is InChI=1S/C52H44/c1-29(2)40-18-14-32-16-20-44-46(30(3)4)28-47(45-23-22-42(40)50(32)51(44)45)36-12-10-33-24-35(11-9-34(33)25-36)41-19-15-31-8-13-37-26-39(52(5,6)7)27-38-17-21-43(41)49(31)48(37)38/h8-30H,1-7H3. The third-order valence-electron chi connectivity index (χ3n) is 12.0. The van der Waals surface area contributed by atoms with E-state index >= 15 is 0 Å². The summed E-state index contributed by atoms with van der Waals surface area (Å²) in [7, 11) is 0. The first-order valence-electron chi connectivity index (χ1n) is 19.1. The molecule has 0 fully saturated rings. The molecule has 0 bridgehead atoms. The van der Waals surface area contributed by atoms with E-state index in [-0.39, 0.29) is 5.41 Å². The van der Waals surface area contributed by atoms with Gasteiger partial charge in [0.1, 0.15) is 0 Å². The molecule has 0 aliphatic heterocycles. The highest BCUT2D eigenvalue weighted by Crippen LogP contribution is 2.46.